The van der Waals surface area contributed by atoms with E-state index in [2.05, 4.69) is 51.1 Å². The van der Waals surface area contributed by atoms with E-state index in [-0.39, 0.29) is 16.8 Å². The number of hydrogen-bond acceptors (Lipinski definition) is 3. The third kappa shape index (κ3) is 6.47. The first-order chi connectivity index (χ1) is 11.8. The average molecular weight is 349 g/mol. The van der Waals surface area contributed by atoms with Crippen LogP contribution in [0.15, 0.2) is 30.3 Å². The van der Waals surface area contributed by atoms with Crippen LogP contribution in [0.5, 0.6) is 0 Å². The molecule has 142 valence electrons. The van der Waals surface area contributed by atoms with Gasteiger partial charge in [0.15, 0.2) is 0 Å². The van der Waals surface area contributed by atoms with Gasteiger partial charge in [-0.05, 0) is 44.6 Å². The van der Waals surface area contributed by atoms with E-state index in [1.54, 1.807) is 0 Å². The molecular weight excluding hydrogens is 312 g/mol. The lowest BCUT2D eigenvalue weighted by atomic mass is 9.84. The molecule has 2 rings (SSSR count). The summed E-state index contributed by atoms with van der Waals surface area (Å²) in [6.07, 6.45) is 3.04. The van der Waals surface area contributed by atoms with Crippen LogP contribution in [0, 0.1) is 10.8 Å². The van der Waals surface area contributed by atoms with Crippen LogP contribution in [0.4, 0.5) is 0 Å². The minimum atomic E-state index is -0.362. The molecule has 1 unspecified atom stereocenters. The molecule has 0 N–H and O–H groups in total. The quantitative estimate of drug-likeness (QED) is 0.602. The molecule has 0 bridgehead atoms. The van der Waals surface area contributed by atoms with Crippen molar-refractivity contribution >= 4 is 5.97 Å². The van der Waals surface area contributed by atoms with Crippen LogP contribution in [0.2, 0.25) is 0 Å². The van der Waals surface area contributed by atoms with Crippen LogP contribution in [0.25, 0.3) is 0 Å². The maximum absolute atomic E-state index is 11.7. The molecule has 1 saturated heterocycles. The Hall–Kier alpha value is -1.35. The van der Waals surface area contributed by atoms with E-state index in [0.29, 0.717) is 12.5 Å². The molecule has 1 heterocycles. The lowest BCUT2D eigenvalue weighted by Crippen LogP contribution is -2.47. The largest absolute Gasteiger partial charge is 0.465 e. The Kier molecular flexibility index (Phi) is 8.64. The van der Waals surface area contributed by atoms with Crippen molar-refractivity contribution in [1.82, 2.24) is 0 Å². The molecule has 25 heavy (non-hydrogen) atoms. The van der Waals surface area contributed by atoms with Crippen LogP contribution in [0.3, 0.4) is 0 Å². The highest BCUT2D eigenvalue weighted by Gasteiger charge is 2.39. The first kappa shape index (κ1) is 21.7. The number of hydrogen-bond donors (Lipinski definition) is 0. The summed E-state index contributed by atoms with van der Waals surface area (Å²) in [6.45, 7) is 14.4. The molecule has 1 fully saturated rings. The van der Waals surface area contributed by atoms with E-state index in [1.165, 1.54) is 12.0 Å². The predicted molar refractivity (Wildman–Crippen MR) is 104 cm³/mol. The lowest BCUT2D eigenvalue weighted by molar-refractivity contribution is -0.178. The van der Waals surface area contributed by atoms with Gasteiger partial charge in [0.1, 0.15) is 6.61 Å². The van der Waals surface area contributed by atoms with Gasteiger partial charge in [-0.15, -0.1) is 0 Å². The van der Waals surface area contributed by atoms with Crippen molar-refractivity contribution in [3.63, 3.8) is 0 Å². The Morgan fingerprint density at radius 1 is 1.20 bits per heavy atom. The standard InChI is InChI=1S/C12H22O3.C10H14/c1-5-11(3,4)10(13)15-9-12(6-2)7-14-8-12;1-3-9(2)10-7-5-4-6-8-10/h5-9H2,1-4H3;4-9H,3H2,1-2H3. The van der Waals surface area contributed by atoms with Crippen LogP contribution in [-0.2, 0) is 14.3 Å². The van der Waals surface area contributed by atoms with E-state index >= 15 is 0 Å². The van der Waals surface area contributed by atoms with E-state index < -0.39 is 0 Å². The third-order valence-corrected chi connectivity index (χ3v) is 5.49. The first-order valence-electron chi connectivity index (χ1n) is 9.60. The van der Waals surface area contributed by atoms with Crippen LogP contribution >= 0.6 is 0 Å². The summed E-state index contributed by atoms with van der Waals surface area (Å²) in [4.78, 5) is 11.7. The van der Waals surface area contributed by atoms with Gasteiger partial charge in [-0.2, -0.15) is 0 Å². The number of carbonyl (C=O) groups is 1. The second-order valence-electron chi connectivity index (χ2n) is 7.88. The molecule has 1 aliphatic rings. The van der Waals surface area contributed by atoms with Crippen LogP contribution < -0.4 is 0 Å². The van der Waals surface area contributed by atoms with E-state index in [1.807, 2.05) is 20.8 Å². The van der Waals surface area contributed by atoms with Gasteiger partial charge < -0.3 is 9.47 Å². The van der Waals surface area contributed by atoms with Crippen molar-refractivity contribution in [3.05, 3.63) is 35.9 Å². The number of ether oxygens (including phenoxy) is 2. The Bertz CT molecular complexity index is 498. The second-order valence-corrected chi connectivity index (χ2v) is 7.88. The minimum absolute atomic E-state index is 0.0928. The highest BCUT2D eigenvalue weighted by molar-refractivity contribution is 5.75. The first-order valence-corrected chi connectivity index (χ1v) is 9.60. The maximum Gasteiger partial charge on any atom is 0.311 e. The fourth-order valence-corrected chi connectivity index (χ4v) is 2.36. The van der Waals surface area contributed by atoms with Gasteiger partial charge in [0.25, 0.3) is 0 Å². The van der Waals surface area contributed by atoms with Gasteiger partial charge in [0.2, 0.25) is 0 Å². The molecule has 1 aliphatic heterocycles. The molecule has 0 saturated carbocycles. The molecule has 1 aromatic rings. The minimum Gasteiger partial charge on any atom is -0.465 e. The van der Waals surface area contributed by atoms with E-state index in [0.717, 1.165) is 26.1 Å². The Labute approximate surface area is 154 Å². The van der Waals surface area contributed by atoms with E-state index in [4.69, 9.17) is 9.47 Å². The fraction of sp³-hybridized carbons (Fsp3) is 0.682. The van der Waals surface area contributed by atoms with Gasteiger partial charge in [-0.25, -0.2) is 0 Å². The van der Waals surface area contributed by atoms with Crippen molar-refractivity contribution in [1.29, 1.82) is 0 Å². The van der Waals surface area contributed by atoms with Gasteiger partial charge in [0.05, 0.1) is 24.0 Å². The van der Waals surface area contributed by atoms with Crippen molar-refractivity contribution in [2.45, 2.75) is 66.7 Å². The highest BCUT2D eigenvalue weighted by Crippen LogP contribution is 2.32. The summed E-state index contributed by atoms with van der Waals surface area (Å²) in [5.74, 6) is 0.617. The summed E-state index contributed by atoms with van der Waals surface area (Å²) in [6, 6.07) is 10.6. The fourth-order valence-electron chi connectivity index (χ4n) is 2.36. The Morgan fingerprint density at radius 3 is 2.20 bits per heavy atom. The normalized spacial score (nSPS) is 16.9. The summed E-state index contributed by atoms with van der Waals surface area (Å²) in [5, 5.41) is 0. The van der Waals surface area contributed by atoms with Crippen molar-refractivity contribution in [2.75, 3.05) is 19.8 Å². The zero-order chi connectivity index (χ0) is 18.9. The Balaban J connectivity index is 0.000000271. The monoisotopic (exact) mass is 348 g/mol. The third-order valence-electron chi connectivity index (χ3n) is 5.49. The van der Waals surface area contributed by atoms with Gasteiger partial charge in [-0.1, -0.05) is 58.0 Å². The smallest absolute Gasteiger partial charge is 0.311 e. The highest BCUT2D eigenvalue weighted by atomic mass is 16.5. The molecule has 1 atom stereocenters. The van der Waals surface area contributed by atoms with Gasteiger partial charge in [-0.3, -0.25) is 4.79 Å². The number of rotatable bonds is 7. The summed E-state index contributed by atoms with van der Waals surface area (Å²) < 4.78 is 10.6. The van der Waals surface area contributed by atoms with Gasteiger partial charge in [0, 0.05) is 0 Å². The molecule has 0 spiro atoms. The number of esters is 1. The van der Waals surface area contributed by atoms with Crippen molar-refractivity contribution in [3.8, 4) is 0 Å². The molecule has 0 radical (unpaired) electrons. The topological polar surface area (TPSA) is 35.5 Å². The average Bonchev–Trinajstić information content (AvgIpc) is 2.61. The molecule has 3 heteroatoms. The number of carbonyl (C=O) groups excluding carboxylic acids is 1. The van der Waals surface area contributed by atoms with Crippen molar-refractivity contribution < 1.29 is 14.3 Å². The second kappa shape index (κ2) is 9.96. The summed E-state index contributed by atoms with van der Waals surface area (Å²) in [5.41, 5.74) is 1.18. The molecule has 0 amide bonds. The lowest BCUT2D eigenvalue weighted by Gasteiger charge is -2.40. The summed E-state index contributed by atoms with van der Waals surface area (Å²) in [7, 11) is 0. The van der Waals surface area contributed by atoms with Gasteiger partial charge >= 0.3 is 5.97 Å². The molecular formula is C22H36O3. The predicted octanol–water partition coefficient (Wildman–Crippen LogP) is 5.59. The maximum atomic E-state index is 11.7. The van der Waals surface area contributed by atoms with E-state index in [9.17, 15) is 4.79 Å². The summed E-state index contributed by atoms with van der Waals surface area (Å²) >= 11 is 0. The zero-order valence-corrected chi connectivity index (χ0v) is 16.9. The van der Waals surface area contributed by atoms with Crippen LogP contribution in [-0.4, -0.2) is 25.8 Å². The van der Waals surface area contributed by atoms with Crippen molar-refractivity contribution in [2.24, 2.45) is 10.8 Å². The molecule has 0 aliphatic carbocycles. The van der Waals surface area contributed by atoms with Crippen LogP contribution in [0.1, 0.15) is 72.3 Å². The molecule has 3 nitrogen and oxygen atoms in total. The number of benzene rings is 1. The zero-order valence-electron chi connectivity index (χ0n) is 16.9. The molecule has 1 aromatic carbocycles. The SMILES string of the molecule is CCC(C)c1ccccc1.CCC1(COC(=O)C(C)(C)CC)COC1. The Morgan fingerprint density at radius 2 is 1.80 bits per heavy atom. The molecule has 0 aromatic heterocycles.